The first-order chi connectivity index (χ1) is 13.2. The first kappa shape index (κ1) is 20.3. The molecule has 152 valence electrons. The third-order valence-electron chi connectivity index (χ3n) is 5.52. The number of carboxylic acids is 1. The Morgan fingerprint density at radius 1 is 1.14 bits per heavy atom. The van der Waals surface area contributed by atoms with Gasteiger partial charge in [0.25, 0.3) is 5.91 Å². The molecule has 7 heteroatoms. The van der Waals surface area contributed by atoms with Crippen LogP contribution in [-0.2, 0) is 9.59 Å². The molecule has 3 rings (SSSR count). The van der Waals surface area contributed by atoms with Crippen molar-refractivity contribution in [3.63, 3.8) is 0 Å². The summed E-state index contributed by atoms with van der Waals surface area (Å²) in [6.45, 7) is 4.25. The van der Waals surface area contributed by atoms with Crippen LogP contribution >= 0.6 is 0 Å². The molecule has 0 unspecified atom stereocenters. The fraction of sp³-hybridized carbons (Fsp3) is 0.571. The van der Waals surface area contributed by atoms with E-state index in [4.69, 9.17) is 5.11 Å². The van der Waals surface area contributed by atoms with Crippen molar-refractivity contribution in [1.82, 2.24) is 15.5 Å². The zero-order valence-corrected chi connectivity index (χ0v) is 16.5. The molecule has 0 bridgehead atoms. The highest BCUT2D eigenvalue weighted by atomic mass is 16.4. The molecule has 2 aliphatic carbocycles. The lowest BCUT2D eigenvalue weighted by atomic mass is 9.84. The molecule has 0 spiro atoms. The third kappa shape index (κ3) is 5.32. The van der Waals surface area contributed by atoms with Crippen molar-refractivity contribution in [2.24, 2.45) is 5.92 Å². The van der Waals surface area contributed by atoms with Gasteiger partial charge in [0.1, 0.15) is 5.54 Å². The summed E-state index contributed by atoms with van der Waals surface area (Å²) in [5, 5.41) is 14.9. The average Bonchev–Trinajstić information content (AvgIpc) is 3.41. The molecule has 7 nitrogen and oxygen atoms in total. The van der Waals surface area contributed by atoms with Crippen LogP contribution in [0.4, 0.5) is 0 Å². The second-order valence-electron chi connectivity index (χ2n) is 8.51. The molecule has 2 amide bonds. The minimum atomic E-state index is -1.03. The predicted octanol–water partition coefficient (Wildman–Crippen LogP) is 1.64. The van der Waals surface area contributed by atoms with Gasteiger partial charge in [-0.1, -0.05) is 18.2 Å². The van der Waals surface area contributed by atoms with Crippen LogP contribution in [0, 0.1) is 5.92 Å². The zero-order valence-electron chi connectivity index (χ0n) is 16.5. The summed E-state index contributed by atoms with van der Waals surface area (Å²) >= 11 is 0. The van der Waals surface area contributed by atoms with E-state index in [0.717, 1.165) is 19.4 Å². The van der Waals surface area contributed by atoms with E-state index >= 15 is 0 Å². The number of benzene rings is 1. The van der Waals surface area contributed by atoms with Gasteiger partial charge in [0.05, 0.1) is 6.54 Å². The lowest BCUT2D eigenvalue weighted by Gasteiger charge is -2.43. The van der Waals surface area contributed by atoms with Gasteiger partial charge in [-0.2, -0.15) is 0 Å². The zero-order chi connectivity index (χ0) is 20.3. The van der Waals surface area contributed by atoms with Gasteiger partial charge in [0.2, 0.25) is 5.91 Å². The lowest BCUT2D eigenvalue weighted by molar-refractivity contribution is -0.140. The van der Waals surface area contributed by atoms with Gasteiger partial charge in [-0.3, -0.25) is 19.3 Å². The van der Waals surface area contributed by atoms with Crippen LogP contribution in [-0.4, -0.2) is 58.5 Å². The maximum atomic E-state index is 12.6. The Balaban J connectivity index is 1.48. The van der Waals surface area contributed by atoms with Crippen LogP contribution in [0.25, 0.3) is 0 Å². The summed E-state index contributed by atoms with van der Waals surface area (Å²) in [4.78, 5) is 38.1. The SMILES string of the molecule is CC(C)(NC(=O)c1ccccc1)C(=O)NC1CC(N(CC(=O)O)CC2CC2)C1. The van der Waals surface area contributed by atoms with Crippen molar-refractivity contribution < 1.29 is 19.5 Å². The molecule has 2 fully saturated rings. The van der Waals surface area contributed by atoms with Crippen LogP contribution in [0.3, 0.4) is 0 Å². The summed E-state index contributed by atoms with van der Waals surface area (Å²) in [6, 6.07) is 9.01. The molecule has 2 saturated carbocycles. The highest BCUT2D eigenvalue weighted by molar-refractivity contribution is 5.98. The predicted molar refractivity (Wildman–Crippen MR) is 105 cm³/mol. The molecule has 0 aliphatic heterocycles. The van der Waals surface area contributed by atoms with Crippen LogP contribution in [0.2, 0.25) is 0 Å². The van der Waals surface area contributed by atoms with E-state index in [0.29, 0.717) is 11.5 Å². The molecular formula is C21H29N3O4. The normalized spacial score (nSPS) is 21.7. The van der Waals surface area contributed by atoms with E-state index < -0.39 is 11.5 Å². The standard InChI is InChI=1S/C21H29N3O4/c1-21(2,23-19(27)15-6-4-3-5-7-15)20(28)22-16-10-17(11-16)24(13-18(25)26)12-14-8-9-14/h3-7,14,16-17H,8-13H2,1-2H3,(H,22,28)(H,23,27)(H,25,26). The molecule has 0 atom stereocenters. The number of aliphatic carboxylic acids is 1. The number of nitrogens with zero attached hydrogens (tertiary/aromatic N) is 1. The van der Waals surface area contributed by atoms with Crippen LogP contribution in [0.1, 0.15) is 49.9 Å². The maximum absolute atomic E-state index is 12.6. The monoisotopic (exact) mass is 387 g/mol. The number of rotatable bonds is 9. The Hall–Kier alpha value is -2.41. The maximum Gasteiger partial charge on any atom is 0.317 e. The first-order valence-corrected chi connectivity index (χ1v) is 9.89. The second kappa shape index (κ2) is 8.31. The Kier molecular flexibility index (Phi) is 6.03. The first-order valence-electron chi connectivity index (χ1n) is 9.89. The number of carbonyl (C=O) groups excluding carboxylic acids is 2. The average molecular weight is 387 g/mol. The minimum Gasteiger partial charge on any atom is -0.480 e. The van der Waals surface area contributed by atoms with Gasteiger partial charge >= 0.3 is 5.97 Å². The fourth-order valence-electron chi connectivity index (χ4n) is 3.52. The molecule has 0 saturated heterocycles. The highest BCUT2D eigenvalue weighted by Gasteiger charge is 2.40. The van der Waals surface area contributed by atoms with E-state index in [1.807, 2.05) is 11.0 Å². The largest absolute Gasteiger partial charge is 0.480 e. The van der Waals surface area contributed by atoms with Crippen molar-refractivity contribution in [1.29, 1.82) is 0 Å². The van der Waals surface area contributed by atoms with Crippen molar-refractivity contribution >= 4 is 17.8 Å². The van der Waals surface area contributed by atoms with Crippen molar-refractivity contribution in [3.05, 3.63) is 35.9 Å². The summed E-state index contributed by atoms with van der Waals surface area (Å²) in [5.41, 5.74) is -0.524. The van der Waals surface area contributed by atoms with Crippen molar-refractivity contribution in [3.8, 4) is 0 Å². The topological polar surface area (TPSA) is 98.7 Å². The van der Waals surface area contributed by atoms with E-state index in [1.54, 1.807) is 38.1 Å². The molecule has 28 heavy (non-hydrogen) atoms. The molecule has 1 aromatic rings. The Bertz CT molecular complexity index is 724. The molecule has 3 N–H and O–H groups in total. The number of carboxylic acid groups (broad SMARTS) is 1. The van der Waals surface area contributed by atoms with E-state index in [9.17, 15) is 14.4 Å². The number of hydrogen-bond acceptors (Lipinski definition) is 4. The number of carbonyl (C=O) groups is 3. The van der Waals surface area contributed by atoms with E-state index in [2.05, 4.69) is 10.6 Å². The van der Waals surface area contributed by atoms with Gasteiger partial charge in [-0.25, -0.2) is 0 Å². The van der Waals surface area contributed by atoms with Gasteiger partial charge in [-0.05, 0) is 57.6 Å². The lowest BCUT2D eigenvalue weighted by Crippen LogP contribution is -2.61. The third-order valence-corrected chi connectivity index (χ3v) is 5.52. The molecule has 0 heterocycles. The molecule has 1 aromatic carbocycles. The van der Waals surface area contributed by atoms with Crippen LogP contribution < -0.4 is 10.6 Å². The van der Waals surface area contributed by atoms with Crippen LogP contribution in [0.5, 0.6) is 0 Å². The van der Waals surface area contributed by atoms with Crippen molar-refractivity contribution in [2.75, 3.05) is 13.1 Å². The second-order valence-corrected chi connectivity index (χ2v) is 8.51. The Labute approximate surface area is 165 Å². The quantitative estimate of drug-likeness (QED) is 0.598. The number of nitrogens with one attached hydrogen (secondary N) is 2. The van der Waals surface area contributed by atoms with Crippen LogP contribution in [0.15, 0.2) is 30.3 Å². The summed E-state index contributed by atoms with van der Waals surface area (Å²) in [7, 11) is 0. The van der Waals surface area contributed by atoms with E-state index in [-0.39, 0.29) is 30.4 Å². The number of amides is 2. The molecular weight excluding hydrogens is 358 g/mol. The molecule has 2 aliphatic rings. The highest BCUT2D eigenvalue weighted by Crippen LogP contribution is 2.33. The van der Waals surface area contributed by atoms with E-state index in [1.165, 1.54) is 12.8 Å². The summed E-state index contributed by atoms with van der Waals surface area (Å²) in [6.07, 6.45) is 3.85. The Morgan fingerprint density at radius 3 is 2.36 bits per heavy atom. The number of hydrogen-bond donors (Lipinski definition) is 3. The smallest absolute Gasteiger partial charge is 0.317 e. The van der Waals surface area contributed by atoms with Gasteiger partial charge in [0, 0.05) is 24.2 Å². The minimum absolute atomic E-state index is 0.0147. The summed E-state index contributed by atoms with van der Waals surface area (Å²) < 4.78 is 0. The van der Waals surface area contributed by atoms with Gasteiger partial charge < -0.3 is 15.7 Å². The van der Waals surface area contributed by atoms with Gasteiger partial charge in [0.15, 0.2) is 0 Å². The van der Waals surface area contributed by atoms with Gasteiger partial charge in [-0.15, -0.1) is 0 Å². The fourth-order valence-corrected chi connectivity index (χ4v) is 3.52. The molecule has 0 aromatic heterocycles. The summed E-state index contributed by atoms with van der Waals surface area (Å²) in [5.74, 6) is -0.700. The Morgan fingerprint density at radius 2 is 1.79 bits per heavy atom. The molecule has 0 radical (unpaired) electrons. The van der Waals surface area contributed by atoms with Crippen molar-refractivity contribution in [2.45, 2.75) is 57.2 Å².